The minimum absolute atomic E-state index is 0.0814. The predicted molar refractivity (Wildman–Crippen MR) is 106 cm³/mol. The van der Waals surface area contributed by atoms with Crippen LogP contribution in [-0.4, -0.2) is 30.9 Å². The number of hydrazone groups is 1. The number of benzene rings is 2. The van der Waals surface area contributed by atoms with Crippen LogP contribution >= 0.6 is 0 Å². The number of rotatable bonds is 4. The highest BCUT2D eigenvalue weighted by Gasteiger charge is 2.29. The number of ether oxygens (including phenoxy) is 2. The average molecular weight is 366 g/mol. The van der Waals surface area contributed by atoms with Crippen molar-refractivity contribution < 1.29 is 19.4 Å². The zero-order valence-electron chi connectivity index (χ0n) is 16.0. The first-order valence-electron chi connectivity index (χ1n) is 8.49. The first kappa shape index (κ1) is 18.5. The van der Waals surface area contributed by atoms with Gasteiger partial charge in [0.1, 0.15) is 0 Å². The lowest BCUT2D eigenvalue weighted by atomic mass is 10.1. The van der Waals surface area contributed by atoms with Gasteiger partial charge in [-0.1, -0.05) is 6.07 Å². The van der Waals surface area contributed by atoms with Gasteiger partial charge in [-0.3, -0.25) is 4.79 Å². The second-order valence-electron chi connectivity index (χ2n) is 6.40. The Kier molecular flexibility index (Phi) is 4.90. The molecule has 0 radical (unpaired) electrons. The lowest BCUT2D eigenvalue weighted by molar-refractivity contribution is -0.114. The second-order valence-corrected chi connectivity index (χ2v) is 6.40. The summed E-state index contributed by atoms with van der Waals surface area (Å²) in [6, 6.07) is 9.08. The quantitative estimate of drug-likeness (QED) is 0.835. The summed E-state index contributed by atoms with van der Waals surface area (Å²) in [6.07, 6.45) is 1.71. The third-order valence-electron chi connectivity index (χ3n) is 4.61. The maximum Gasteiger partial charge on any atom is 0.280 e. The molecule has 1 aliphatic heterocycles. The number of phenols is 1. The number of amides is 1. The summed E-state index contributed by atoms with van der Waals surface area (Å²) in [6.45, 7) is 5.82. The molecule has 2 aromatic rings. The van der Waals surface area contributed by atoms with Crippen LogP contribution in [0.25, 0.3) is 6.08 Å². The van der Waals surface area contributed by atoms with Crippen LogP contribution in [0.3, 0.4) is 0 Å². The number of carbonyl (C=O) groups excluding carboxylic acids is 1. The highest BCUT2D eigenvalue weighted by atomic mass is 16.5. The van der Waals surface area contributed by atoms with Crippen LogP contribution in [0.2, 0.25) is 0 Å². The number of hydrogen-bond donors (Lipinski definition) is 1. The Morgan fingerprint density at radius 2 is 1.63 bits per heavy atom. The van der Waals surface area contributed by atoms with E-state index in [1.165, 1.54) is 19.2 Å². The van der Waals surface area contributed by atoms with Crippen LogP contribution in [0.15, 0.2) is 41.0 Å². The van der Waals surface area contributed by atoms with Gasteiger partial charge < -0.3 is 14.6 Å². The van der Waals surface area contributed by atoms with E-state index in [0.717, 1.165) is 16.8 Å². The summed E-state index contributed by atoms with van der Waals surface area (Å²) >= 11 is 0. The van der Waals surface area contributed by atoms with Crippen molar-refractivity contribution in [2.24, 2.45) is 5.10 Å². The molecule has 27 heavy (non-hydrogen) atoms. The van der Waals surface area contributed by atoms with E-state index in [-0.39, 0.29) is 23.2 Å². The Morgan fingerprint density at radius 1 is 1.00 bits per heavy atom. The number of aryl methyl sites for hydroxylation is 2. The fourth-order valence-corrected chi connectivity index (χ4v) is 2.88. The van der Waals surface area contributed by atoms with Gasteiger partial charge in [0.2, 0.25) is 5.75 Å². The maximum atomic E-state index is 12.9. The summed E-state index contributed by atoms with van der Waals surface area (Å²) in [5.41, 5.74) is 4.74. The highest BCUT2D eigenvalue weighted by molar-refractivity contribution is 6.32. The van der Waals surface area contributed by atoms with Crippen molar-refractivity contribution in [1.29, 1.82) is 0 Å². The third kappa shape index (κ3) is 3.38. The van der Waals surface area contributed by atoms with E-state index in [9.17, 15) is 9.90 Å². The van der Waals surface area contributed by atoms with E-state index < -0.39 is 0 Å². The van der Waals surface area contributed by atoms with Gasteiger partial charge in [-0.15, -0.1) is 0 Å². The molecule has 0 atom stereocenters. The molecule has 0 aliphatic carbocycles. The summed E-state index contributed by atoms with van der Waals surface area (Å²) in [4.78, 5) is 12.9. The zero-order chi connectivity index (χ0) is 19.7. The molecule has 0 aromatic heterocycles. The lowest BCUT2D eigenvalue weighted by Gasteiger charge is -2.13. The molecule has 0 bridgehead atoms. The largest absolute Gasteiger partial charge is 0.502 e. The number of hydrogen-bond acceptors (Lipinski definition) is 5. The minimum atomic E-state index is -0.207. The Morgan fingerprint density at radius 3 is 2.19 bits per heavy atom. The molecule has 1 heterocycles. The van der Waals surface area contributed by atoms with E-state index in [0.29, 0.717) is 16.8 Å². The Labute approximate surface area is 158 Å². The Hall–Kier alpha value is -3.28. The number of nitrogens with zero attached hydrogens (tertiary/aromatic N) is 2. The summed E-state index contributed by atoms with van der Waals surface area (Å²) in [5.74, 6) is 0.253. The average Bonchev–Trinajstić information content (AvgIpc) is 2.93. The van der Waals surface area contributed by atoms with Gasteiger partial charge in [-0.25, -0.2) is 0 Å². The molecular formula is C21H22N2O4. The van der Waals surface area contributed by atoms with Crippen molar-refractivity contribution in [3.05, 3.63) is 52.6 Å². The van der Waals surface area contributed by atoms with Crippen molar-refractivity contribution in [3.63, 3.8) is 0 Å². The van der Waals surface area contributed by atoms with Gasteiger partial charge in [-0.05, 0) is 67.8 Å². The predicted octanol–water partition coefficient (Wildman–Crippen LogP) is 3.83. The first-order valence-corrected chi connectivity index (χ1v) is 8.49. The highest BCUT2D eigenvalue weighted by Crippen LogP contribution is 2.38. The normalized spacial score (nSPS) is 15.3. The lowest BCUT2D eigenvalue weighted by Crippen LogP contribution is -2.21. The summed E-state index contributed by atoms with van der Waals surface area (Å²) in [7, 11) is 2.92. The SMILES string of the molecule is COc1cc(C=C2C(=O)N(c3ccc(C)c(C)c3)N=C2C)cc(OC)c1O. The van der Waals surface area contributed by atoms with Crippen LogP contribution < -0.4 is 14.5 Å². The summed E-state index contributed by atoms with van der Waals surface area (Å²) in [5, 5.41) is 15.9. The minimum Gasteiger partial charge on any atom is -0.502 e. The molecule has 0 fully saturated rings. The van der Waals surface area contributed by atoms with Crippen LogP contribution in [0.1, 0.15) is 23.6 Å². The van der Waals surface area contributed by atoms with E-state index >= 15 is 0 Å². The Balaban J connectivity index is 2.00. The van der Waals surface area contributed by atoms with Gasteiger partial charge >= 0.3 is 0 Å². The van der Waals surface area contributed by atoms with Crippen LogP contribution in [0.5, 0.6) is 17.2 Å². The van der Waals surface area contributed by atoms with Crippen LogP contribution in [0.4, 0.5) is 5.69 Å². The molecule has 1 N–H and O–H groups in total. The fourth-order valence-electron chi connectivity index (χ4n) is 2.88. The standard InChI is InChI=1S/C21H22N2O4/c1-12-6-7-16(8-13(12)2)23-21(25)17(14(3)22-23)9-15-10-18(26-4)20(24)19(11-15)27-5/h6-11,24H,1-5H3. The molecule has 6 heteroatoms. The zero-order valence-corrected chi connectivity index (χ0v) is 16.0. The van der Waals surface area contributed by atoms with E-state index in [2.05, 4.69) is 5.10 Å². The van der Waals surface area contributed by atoms with Gasteiger partial charge in [-0.2, -0.15) is 10.1 Å². The molecule has 0 saturated heterocycles. The van der Waals surface area contributed by atoms with Crippen LogP contribution in [0, 0.1) is 13.8 Å². The smallest absolute Gasteiger partial charge is 0.280 e. The molecule has 1 aliphatic rings. The van der Waals surface area contributed by atoms with E-state index in [1.54, 1.807) is 25.1 Å². The molecule has 1 amide bonds. The number of anilines is 1. The molecule has 2 aromatic carbocycles. The monoisotopic (exact) mass is 366 g/mol. The molecule has 0 spiro atoms. The van der Waals surface area contributed by atoms with Gasteiger partial charge in [0.05, 0.1) is 31.2 Å². The van der Waals surface area contributed by atoms with Crippen molar-refractivity contribution >= 4 is 23.4 Å². The molecule has 3 rings (SSSR count). The Bertz CT molecular complexity index is 951. The number of aromatic hydroxyl groups is 1. The van der Waals surface area contributed by atoms with Crippen molar-refractivity contribution in [3.8, 4) is 17.2 Å². The number of methoxy groups -OCH3 is 2. The summed E-state index contributed by atoms with van der Waals surface area (Å²) < 4.78 is 10.4. The molecular weight excluding hydrogens is 344 g/mol. The van der Waals surface area contributed by atoms with Crippen LogP contribution in [-0.2, 0) is 4.79 Å². The van der Waals surface area contributed by atoms with Gasteiger partial charge in [0.25, 0.3) is 5.91 Å². The first-order chi connectivity index (χ1) is 12.8. The second kappa shape index (κ2) is 7.15. The van der Waals surface area contributed by atoms with Gasteiger partial charge in [0.15, 0.2) is 11.5 Å². The molecule has 6 nitrogen and oxygen atoms in total. The fraction of sp³-hybridized carbons (Fsp3) is 0.238. The number of carbonyl (C=O) groups is 1. The van der Waals surface area contributed by atoms with E-state index in [4.69, 9.17) is 9.47 Å². The molecule has 0 saturated carbocycles. The van der Waals surface area contributed by atoms with Gasteiger partial charge in [0, 0.05) is 0 Å². The third-order valence-corrected chi connectivity index (χ3v) is 4.61. The molecule has 140 valence electrons. The van der Waals surface area contributed by atoms with Crippen molar-refractivity contribution in [2.45, 2.75) is 20.8 Å². The maximum absolute atomic E-state index is 12.9. The topological polar surface area (TPSA) is 71.4 Å². The number of phenolic OH excluding ortho intramolecular Hbond substituents is 1. The van der Waals surface area contributed by atoms with E-state index in [1.807, 2.05) is 32.0 Å². The molecule has 0 unspecified atom stereocenters. The van der Waals surface area contributed by atoms with Crippen molar-refractivity contribution in [1.82, 2.24) is 0 Å². The van der Waals surface area contributed by atoms with Crippen molar-refractivity contribution in [2.75, 3.05) is 19.2 Å².